The van der Waals surface area contributed by atoms with Crippen molar-refractivity contribution in [2.75, 3.05) is 17.6 Å². The maximum absolute atomic E-state index is 9.09. The van der Waals surface area contributed by atoms with Crippen molar-refractivity contribution in [3.63, 3.8) is 0 Å². The molecular formula is C14H15N3S2. The molecule has 19 heavy (non-hydrogen) atoms. The van der Waals surface area contributed by atoms with E-state index >= 15 is 0 Å². The standard InChI is InChI=1S/C14H15N3S2/c15-8-11-13(16)12(9-3-4-9)14(19-11)17-6-5-10-2-1-7-18-10/h1-2,7,9,17H,3-6,16H2. The lowest BCUT2D eigenvalue weighted by Crippen LogP contribution is -2.04. The molecule has 3 rings (SSSR count). The van der Waals surface area contributed by atoms with Gasteiger partial charge in [-0.15, -0.1) is 22.7 Å². The van der Waals surface area contributed by atoms with E-state index in [1.54, 1.807) is 11.3 Å². The van der Waals surface area contributed by atoms with Crippen LogP contribution < -0.4 is 11.1 Å². The number of nitrogens with two attached hydrogens (primary N) is 1. The first-order chi connectivity index (χ1) is 9.29. The minimum Gasteiger partial charge on any atom is -0.397 e. The van der Waals surface area contributed by atoms with Crippen LogP contribution in [-0.2, 0) is 6.42 Å². The molecule has 0 radical (unpaired) electrons. The molecule has 0 amide bonds. The number of thiophene rings is 2. The smallest absolute Gasteiger partial charge is 0.130 e. The van der Waals surface area contributed by atoms with E-state index < -0.39 is 0 Å². The van der Waals surface area contributed by atoms with Crippen LogP contribution >= 0.6 is 22.7 Å². The Balaban J connectivity index is 1.71. The summed E-state index contributed by atoms with van der Waals surface area (Å²) in [6.45, 7) is 0.894. The second-order valence-corrected chi connectivity index (χ2v) is 6.78. The second-order valence-electron chi connectivity index (χ2n) is 4.73. The van der Waals surface area contributed by atoms with Crippen molar-refractivity contribution in [1.29, 1.82) is 5.26 Å². The Hall–Kier alpha value is -1.51. The fourth-order valence-corrected chi connectivity index (χ4v) is 3.94. The van der Waals surface area contributed by atoms with E-state index in [1.807, 2.05) is 0 Å². The van der Waals surface area contributed by atoms with Crippen molar-refractivity contribution in [3.05, 3.63) is 32.8 Å². The lowest BCUT2D eigenvalue weighted by molar-refractivity contribution is 1.04. The number of hydrogen-bond acceptors (Lipinski definition) is 5. The molecule has 0 bridgehead atoms. The molecule has 1 saturated carbocycles. The highest BCUT2D eigenvalue weighted by Crippen LogP contribution is 2.50. The highest BCUT2D eigenvalue weighted by molar-refractivity contribution is 7.17. The SMILES string of the molecule is N#Cc1sc(NCCc2cccs2)c(C2CC2)c1N. The molecule has 3 nitrogen and oxygen atoms in total. The van der Waals surface area contributed by atoms with Crippen LogP contribution in [0.4, 0.5) is 10.7 Å². The van der Waals surface area contributed by atoms with Crippen LogP contribution in [-0.4, -0.2) is 6.54 Å². The zero-order chi connectivity index (χ0) is 13.2. The maximum atomic E-state index is 9.09. The average Bonchev–Trinajstić information content (AvgIpc) is 3.00. The van der Waals surface area contributed by atoms with Gasteiger partial charge in [0.05, 0.1) is 10.7 Å². The normalized spacial score (nSPS) is 14.3. The van der Waals surface area contributed by atoms with Crippen molar-refractivity contribution in [3.8, 4) is 6.07 Å². The molecule has 3 N–H and O–H groups in total. The quantitative estimate of drug-likeness (QED) is 0.880. The number of anilines is 2. The molecule has 0 saturated heterocycles. The zero-order valence-corrected chi connectivity index (χ0v) is 12.1. The van der Waals surface area contributed by atoms with E-state index in [9.17, 15) is 0 Å². The largest absolute Gasteiger partial charge is 0.397 e. The van der Waals surface area contributed by atoms with Crippen molar-refractivity contribution < 1.29 is 0 Å². The molecule has 2 aromatic heterocycles. The minimum atomic E-state index is 0.572. The van der Waals surface area contributed by atoms with Crippen molar-refractivity contribution in [2.45, 2.75) is 25.2 Å². The summed E-state index contributed by atoms with van der Waals surface area (Å²) in [4.78, 5) is 2.03. The van der Waals surface area contributed by atoms with Gasteiger partial charge < -0.3 is 11.1 Å². The average molecular weight is 289 g/mol. The molecule has 1 aliphatic carbocycles. The first-order valence-corrected chi connectivity index (χ1v) is 8.07. The van der Waals surface area contributed by atoms with Gasteiger partial charge >= 0.3 is 0 Å². The Labute approximate surface area is 120 Å². The number of nitrogens with zero attached hydrogens (tertiary/aromatic N) is 1. The van der Waals surface area contributed by atoms with Crippen LogP contribution in [0.2, 0.25) is 0 Å². The molecule has 1 aliphatic rings. The topological polar surface area (TPSA) is 61.8 Å². The van der Waals surface area contributed by atoms with Gasteiger partial charge in [-0.2, -0.15) is 5.26 Å². The van der Waals surface area contributed by atoms with E-state index in [0.717, 1.165) is 18.0 Å². The molecule has 98 valence electrons. The number of nitriles is 1. The summed E-state index contributed by atoms with van der Waals surface area (Å²) >= 11 is 3.28. The van der Waals surface area contributed by atoms with E-state index in [2.05, 4.69) is 28.9 Å². The molecule has 0 aliphatic heterocycles. The molecule has 2 aromatic rings. The van der Waals surface area contributed by atoms with Gasteiger partial charge in [0, 0.05) is 17.0 Å². The van der Waals surface area contributed by atoms with Crippen LogP contribution in [0.25, 0.3) is 0 Å². The summed E-state index contributed by atoms with van der Waals surface area (Å²) in [5.41, 5.74) is 7.96. The van der Waals surface area contributed by atoms with E-state index in [-0.39, 0.29) is 0 Å². The second kappa shape index (κ2) is 5.24. The minimum absolute atomic E-state index is 0.572. The summed E-state index contributed by atoms with van der Waals surface area (Å²) in [7, 11) is 0. The van der Waals surface area contributed by atoms with Crippen LogP contribution in [0.3, 0.4) is 0 Å². The molecule has 2 heterocycles. The fourth-order valence-electron chi connectivity index (χ4n) is 2.20. The Morgan fingerprint density at radius 3 is 2.95 bits per heavy atom. The first kappa shape index (κ1) is 12.5. The van der Waals surface area contributed by atoms with Gasteiger partial charge in [0.1, 0.15) is 10.9 Å². The third-order valence-corrected chi connectivity index (χ3v) is 5.33. The Kier molecular flexibility index (Phi) is 3.45. The predicted molar refractivity (Wildman–Crippen MR) is 81.9 cm³/mol. The van der Waals surface area contributed by atoms with Gasteiger partial charge in [-0.1, -0.05) is 6.07 Å². The summed E-state index contributed by atoms with van der Waals surface area (Å²) in [6.07, 6.45) is 3.41. The molecule has 0 aromatic carbocycles. The van der Waals surface area contributed by atoms with Crippen LogP contribution in [0.15, 0.2) is 17.5 Å². The Morgan fingerprint density at radius 2 is 2.32 bits per heavy atom. The van der Waals surface area contributed by atoms with Gasteiger partial charge in [-0.3, -0.25) is 0 Å². The Morgan fingerprint density at radius 1 is 1.47 bits per heavy atom. The molecule has 0 unspecified atom stereocenters. The molecule has 0 spiro atoms. The maximum Gasteiger partial charge on any atom is 0.130 e. The predicted octanol–water partition coefficient (Wildman–Crippen LogP) is 3.80. The van der Waals surface area contributed by atoms with Crippen molar-refractivity contribution in [1.82, 2.24) is 0 Å². The lowest BCUT2D eigenvalue weighted by Gasteiger charge is -2.06. The fraction of sp³-hybridized carbons (Fsp3) is 0.357. The van der Waals surface area contributed by atoms with Crippen LogP contribution in [0.1, 0.15) is 34.1 Å². The number of hydrogen-bond donors (Lipinski definition) is 2. The van der Waals surface area contributed by atoms with Gasteiger partial charge in [-0.05, 0) is 36.6 Å². The van der Waals surface area contributed by atoms with Gasteiger partial charge in [0.15, 0.2) is 0 Å². The van der Waals surface area contributed by atoms with E-state index in [4.69, 9.17) is 11.0 Å². The summed E-state index contributed by atoms with van der Waals surface area (Å²) in [6, 6.07) is 6.42. The van der Waals surface area contributed by atoms with Gasteiger partial charge in [0.25, 0.3) is 0 Å². The van der Waals surface area contributed by atoms with Crippen LogP contribution in [0.5, 0.6) is 0 Å². The van der Waals surface area contributed by atoms with Crippen LogP contribution in [0, 0.1) is 11.3 Å². The zero-order valence-electron chi connectivity index (χ0n) is 10.5. The summed E-state index contributed by atoms with van der Waals surface area (Å²) < 4.78 is 0. The molecular weight excluding hydrogens is 274 g/mol. The number of rotatable bonds is 5. The van der Waals surface area contributed by atoms with Gasteiger partial charge in [0.2, 0.25) is 0 Å². The number of nitrogens with one attached hydrogen (secondary N) is 1. The molecule has 1 fully saturated rings. The third-order valence-electron chi connectivity index (χ3n) is 3.31. The van der Waals surface area contributed by atoms with Crippen molar-refractivity contribution in [2.24, 2.45) is 0 Å². The first-order valence-electron chi connectivity index (χ1n) is 6.38. The number of nitrogen functional groups attached to an aromatic ring is 1. The Bertz CT molecular complexity index is 603. The molecule has 5 heteroatoms. The third kappa shape index (κ3) is 2.60. The summed E-state index contributed by atoms with van der Waals surface area (Å²) in [5.74, 6) is 0.572. The van der Waals surface area contributed by atoms with E-state index in [1.165, 1.54) is 34.6 Å². The summed E-state index contributed by atoms with van der Waals surface area (Å²) in [5, 5.41) is 15.8. The molecule has 0 atom stereocenters. The monoisotopic (exact) mass is 289 g/mol. The van der Waals surface area contributed by atoms with E-state index in [0.29, 0.717) is 16.5 Å². The highest BCUT2D eigenvalue weighted by Gasteiger charge is 2.31. The van der Waals surface area contributed by atoms with Gasteiger partial charge in [-0.25, -0.2) is 0 Å². The highest BCUT2D eigenvalue weighted by atomic mass is 32.1. The lowest BCUT2D eigenvalue weighted by atomic mass is 10.1. The van der Waals surface area contributed by atoms with Crippen molar-refractivity contribution >= 4 is 33.4 Å².